The molecule has 15 heteroatoms. The van der Waals surface area contributed by atoms with Gasteiger partial charge in [0.15, 0.2) is 0 Å². The van der Waals surface area contributed by atoms with Crippen LogP contribution in [0.2, 0.25) is 0 Å². The number of rotatable bonds is 40. The minimum atomic E-state index is -1.17. The summed E-state index contributed by atoms with van der Waals surface area (Å²) in [4.78, 5) is 68.2. The molecular weight excluding hydrogens is 678 g/mol. The van der Waals surface area contributed by atoms with Crippen molar-refractivity contribution in [3.05, 3.63) is 0 Å². The second-order valence-electron chi connectivity index (χ2n) is 12.7. The van der Waals surface area contributed by atoms with E-state index in [1.54, 1.807) is 6.29 Å². The van der Waals surface area contributed by atoms with Crippen molar-refractivity contribution in [1.29, 1.82) is 0 Å². The van der Waals surface area contributed by atoms with E-state index >= 15 is 0 Å². The van der Waals surface area contributed by atoms with Crippen LogP contribution in [0.25, 0.3) is 0 Å². The lowest BCUT2D eigenvalue weighted by Gasteiger charge is -2.14. The summed E-state index contributed by atoms with van der Waals surface area (Å²) in [6.45, 7) is 1.81. The van der Waals surface area contributed by atoms with Crippen LogP contribution >= 0.6 is 0 Å². The van der Waals surface area contributed by atoms with E-state index in [1.807, 2.05) is 0 Å². The molecule has 0 rings (SSSR count). The van der Waals surface area contributed by atoms with Crippen LogP contribution in [0.1, 0.15) is 128 Å². The maximum absolute atomic E-state index is 12.3. The Balaban J connectivity index is 3.64. The van der Waals surface area contributed by atoms with Gasteiger partial charge < -0.3 is 45.1 Å². The summed E-state index contributed by atoms with van der Waals surface area (Å²) in [6, 6.07) is -1.13. The zero-order valence-corrected chi connectivity index (χ0v) is 31.3. The number of unbranched alkanes of at least 4 members (excludes halogenated alkanes) is 15. The molecule has 0 aromatic rings. The molecule has 1 unspecified atom stereocenters. The Labute approximate surface area is 310 Å². The fourth-order valence-electron chi connectivity index (χ4n) is 5.22. The van der Waals surface area contributed by atoms with E-state index < -0.39 is 18.0 Å². The third kappa shape index (κ3) is 36.6. The minimum Gasteiger partial charge on any atom is -0.481 e. The largest absolute Gasteiger partial charge is 0.481 e. The molecule has 52 heavy (non-hydrogen) atoms. The summed E-state index contributed by atoms with van der Waals surface area (Å²) in [5, 5.41) is 25.9. The fourth-order valence-corrected chi connectivity index (χ4v) is 5.22. The van der Waals surface area contributed by atoms with Crippen molar-refractivity contribution in [2.24, 2.45) is 0 Å². The molecule has 5 N–H and O–H groups in total. The van der Waals surface area contributed by atoms with Crippen LogP contribution in [-0.2, 0) is 47.7 Å². The summed E-state index contributed by atoms with van der Waals surface area (Å²) in [5.74, 6) is -2.84. The Hall–Kier alpha value is -3.14. The summed E-state index contributed by atoms with van der Waals surface area (Å²) < 4.78 is 20.7. The smallest absolute Gasteiger partial charge is 0.326 e. The van der Waals surface area contributed by atoms with Crippen LogP contribution in [0.3, 0.4) is 0 Å². The number of ether oxygens (including phenoxy) is 4. The standard InChI is InChI=1S/C37H66N3O12/c41-23-26-51-28-27-49-25-22-39-35(44)31-52-30-29-50-24-21-38-33(42)20-19-32(37(47)48)40-34(43)17-15-13-11-9-7-5-3-1-2-4-6-8-10-12-14-16-18-36(45)46/h32H,1-22,24-31H2,(H,38,42)(H,39,44)(H,40,43)(H,45,46)(H,47,48). The summed E-state index contributed by atoms with van der Waals surface area (Å²) in [5.41, 5.74) is 0. The van der Waals surface area contributed by atoms with Crippen molar-refractivity contribution < 1.29 is 57.9 Å². The van der Waals surface area contributed by atoms with E-state index in [-0.39, 0.29) is 89.6 Å². The van der Waals surface area contributed by atoms with Crippen LogP contribution in [0, 0.1) is 0 Å². The molecule has 0 saturated carbocycles. The number of nitrogens with one attached hydrogen (secondary N) is 3. The van der Waals surface area contributed by atoms with E-state index in [1.165, 1.54) is 57.8 Å². The lowest BCUT2D eigenvalue weighted by molar-refractivity contribution is -0.142. The SMILES string of the molecule is O=[C]COCCOCCNC(=O)COCCOCCNC(=O)CCC(NC(=O)CCCCCCCCCCCCCCCCCCC(=O)O)C(=O)O. The number of carbonyl (C=O) groups excluding carboxylic acids is 4. The van der Waals surface area contributed by atoms with Gasteiger partial charge in [-0.1, -0.05) is 89.9 Å². The first-order valence-electron chi connectivity index (χ1n) is 19.2. The second-order valence-corrected chi connectivity index (χ2v) is 12.7. The number of hydrogen-bond acceptors (Lipinski definition) is 10. The minimum absolute atomic E-state index is 0.0132. The molecule has 0 aromatic carbocycles. The van der Waals surface area contributed by atoms with Gasteiger partial charge in [0.1, 0.15) is 19.3 Å². The predicted octanol–water partition coefficient (Wildman–Crippen LogP) is 3.85. The first-order chi connectivity index (χ1) is 25.3. The predicted molar refractivity (Wildman–Crippen MR) is 195 cm³/mol. The number of carbonyl (C=O) groups is 5. The summed E-state index contributed by atoms with van der Waals surface area (Å²) in [6.07, 6.45) is 20.0. The van der Waals surface area contributed by atoms with Crippen LogP contribution in [-0.4, -0.2) is 118 Å². The van der Waals surface area contributed by atoms with E-state index in [4.69, 9.17) is 24.1 Å². The molecule has 0 bridgehead atoms. The molecule has 0 aromatic heterocycles. The Morgan fingerprint density at radius 3 is 1.42 bits per heavy atom. The molecule has 0 aliphatic carbocycles. The highest BCUT2D eigenvalue weighted by Gasteiger charge is 2.20. The quantitative estimate of drug-likeness (QED) is 0.0566. The lowest BCUT2D eigenvalue weighted by atomic mass is 10.0. The van der Waals surface area contributed by atoms with Crippen molar-refractivity contribution in [2.75, 3.05) is 65.9 Å². The van der Waals surface area contributed by atoms with Crippen molar-refractivity contribution in [2.45, 2.75) is 134 Å². The van der Waals surface area contributed by atoms with Crippen LogP contribution in [0.5, 0.6) is 0 Å². The van der Waals surface area contributed by atoms with Gasteiger partial charge in [-0.25, -0.2) is 4.79 Å². The van der Waals surface area contributed by atoms with Gasteiger partial charge in [-0.2, -0.15) is 0 Å². The molecule has 0 heterocycles. The Kier molecular flexibility index (Phi) is 35.3. The van der Waals surface area contributed by atoms with E-state index in [0.29, 0.717) is 26.2 Å². The van der Waals surface area contributed by atoms with Crippen LogP contribution in [0.15, 0.2) is 0 Å². The monoisotopic (exact) mass is 744 g/mol. The molecule has 0 aliphatic heterocycles. The zero-order chi connectivity index (χ0) is 38.3. The van der Waals surface area contributed by atoms with Crippen molar-refractivity contribution in [1.82, 2.24) is 16.0 Å². The average Bonchev–Trinajstić information content (AvgIpc) is 3.11. The molecule has 0 aliphatic rings. The van der Waals surface area contributed by atoms with Gasteiger partial charge in [0, 0.05) is 32.4 Å². The Morgan fingerprint density at radius 2 is 0.942 bits per heavy atom. The molecule has 301 valence electrons. The number of aliphatic carboxylic acids is 2. The van der Waals surface area contributed by atoms with Gasteiger partial charge in [-0.05, 0) is 19.3 Å². The average molecular weight is 745 g/mol. The molecule has 1 radical (unpaired) electrons. The summed E-state index contributed by atoms with van der Waals surface area (Å²) >= 11 is 0. The van der Waals surface area contributed by atoms with Gasteiger partial charge in [-0.15, -0.1) is 0 Å². The van der Waals surface area contributed by atoms with Crippen molar-refractivity contribution in [3.8, 4) is 0 Å². The lowest BCUT2D eigenvalue weighted by Crippen LogP contribution is -2.41. The molecular formula is C37H66N3O12. The van der Waals surface area contributed by atoms with Gasteiger partial charge >= 0.3 is 11.9 Å². The van der Waals surface area contributed by atoms with Crippen molar-refractivity contribution >= 4 is 35.9 Å². The van der Waals surface area contributed by atoms with Crippen LogP contribution < -0.4 is 16.0 Å². The van der Waals surface area contributed by atoms with Gasteiger partial charge in [0.25, 0.3) is 0 Å². The molecule has 0 fully saturated rings. The maximum Gasteiger partial charge on any atom is 0.326 e. The van der Waals surface area contributed by atoms with Gasteiger partial charge in [0.2, 0.25) is 24.0 Å². The third-order valence-corrected chi connectivity index (χ3v) is 8.11. The fraction of sp³-hybridized carbons (Fsp3) is 0.838. The Bertz CT molecular complexity index is 938. The second kappa shape index (κ2) is 37.6. The molecule has 3 amide bonds. The number of carboxylic acid groups (broad SMARTS) is 2. The summed E-state index contributed by atoms with van der Waals surface area (Å²) in [7, 11) is 0. The highest BCUT2D eigenvalue weighted by molar-refractivity contribution is 5.84. The highest BCUT2D eigenvalue weighted by Crippen LogP contribution is 2.14. The number of amides is 3. The van der Waals surface area contributed by atoms with Gasteiger partial charge in [-0.3, -0.25) is 24.0 Å². The third-order valence-electron chi connectivity index (χ3n) is 8.11. The molecule has 0 spiro atoms. The topological polar surface area (TPSA) is 216 Å². The van der Waals surface area contributed by atoms with E-state index in [0.717, 1.165) is 38.5 Å². The normalized spacial score (nSPS) is 11.5. The van der Waals surface area contributed by atoms with Gasteiger partial charge in [0.05, 0.1) is 39.6 Å². The Morgan fingerprint density at radius 1 is 0.500 bits per heavy atom. The first kappa shape index (κ1) is 48.9. The zero-order valence-electron chi connectivity index (χ0n) is 31.3. The number of carboxylic acids is 2. The molecule has 15 nitrogen and oxygen atoms in total. The first-order valence-corrected chi connectivity index (χ1v) is 19.2. The van der Waals surface area contributed by atoms with Crippen LogP contribution in [0.4, 0.5) is 0 Å². The number of hydrogen-bond donors (Lipinski definition) is 5. The van der Waals surface area contributed by atoms with Crippen molar-refractivity contribution in [3.63, 3.8) is 0 Å². The maximum atomic E-state index is 12.3. The molecule has 1 atom stereocenters. The van der Waals surface area contributed by atoms with E-state index in [9.17, 15) is 33.9 Å². The highest BCUT2D eigenvalue weighted by atomic mass is 16.5. The molecule has 0 saturated heterocycles. The van der Waals surface area contributed by atoms with E-state index in [2.05, 4.69) is 16.0 Å².